The van der Waals surface area contributed by atoms with Gasteiger partial charge in [0.25, 0.3) is 0 Å². The second kappa shape index (κ2) is 9.60. The van der Waals surface area contributed by atoms with Crippen LogP contribution in [0.3, 0.4) is 0 Å². The molecule has 0 saturated heterocycles. The van der Waals surface area contributed by atoms with Crippen LogP contribution in [-0.4, -0.2) is 77.5 Å². The second-order valence-corrected chi connectivity index (χ2v) is 22.1. The molecule has 2 atom stereocenters. The molecule has 0 aliphatic carbocycles. The van der Waals surface area contributed by atoms with Gasteiger partial charge in [0.05, 0.1) is 0 Å². The normalized spacial score (nSPS) is 17.6. The highest BCUT2D eigenvalue weighted by Gasteiger charge is 2.53. The molecule has 0 heterocycles. The van der Waals surface area contributed by atoms with Gasteiger partial charge in [0.2, 0.25) is 0 Å². The van der Waals surface area contributed by atoms with Gasteiger partial charge in [-0.1, -0.05) is 0 Å². The lowest BCUT2D eigenvalue weighted by atomic mass is 11.8. The molecule has 0 aliphatic heterocycles. The summed E-state index contributed by atoms with van der Waals surface area (Å²) in [4.78, 5) is 10.6. The fourth-order valence-corrected chi connectivity index (χ4v) is 13.3. The van der Waals surface area contributed by atoms with Gasteiger partial charge in [-0.3, -0.25) is 0 Å². The van der Waals surface area contributed by atoms with E-state index >= 15 is 0 Å². The average molecular weight is 437 g/mol. The maximum absolute atomic E-state index is 10.6. The lowest BCUT2D eigenvalue weighted by Crippen LogP contribution is -2.60. The molecule has 0 radical (unpaired) electrons. The van der Waals surface area contributed by atoms with E-state index in [-0.39, 0.29) is 0 Å². The van der Waals surface area contributed by atoms with Gasteiger partial charge in [-0.05, 0) is 32.7 Å². The lowest BCUT2D eigenvalue weighted by molar-refractivity contribution is 0.0251. The van der Waals surface area contributed by atoms with Gasteiger partial charge >= 0.3 is 35.9 Å². The molecule has 146 valence electrons. The smallest absolute Gasteiger partial charge is 0.419 e. The molecule has 0 amide bonds. The molecular formula is C10H32O9Si5. The van der Waals surface area contributed by atoms with E-state index in [0.29, 0.717) is 0 Å². The Morgan fingerprint density at radius 3 is 1.46 bits per heavy atom. The van der Waals surface area contributed by atoms with E-state index in [9.17, 15) is 4.80 Å². The summed E-state index contributed by atoms with van der Waals surface area (Å²) in [6.45, 7) is 11.2. The molecule has 24 heavy (non-hydrogen) atoms. The first-order valence-corrected chi connectivity index (χ1v) is 18.9. The lowest BCUT2D eigenvalue weighted by Gasteiger charge is -2.35. The molecule has 0 aliphatic rings. The summed E-state index contributed by atoms with van der Waals surface area (Å²) in [5.41, 5.74) is 0. The molecule has 1 N–H and O–H groups in total. The molecule has 9 nitrogen and oxygen atoms in total. The van der Waals surface area contributed by atoms with Crippen molar-refractivity contribution in [1.82, 2.24) is 0 Å². The van der Waals surface area contributed by atoms with E-state index in [1.165, 1.54) is 27.9 Å². The van der Waals surface area contributed by atoms with E-state index in [0.717, 1.165) is 0 Å². The molecule has 0 aromatic rings. The molecule has 14 heteroatoms. The third kappa shape index (κ3) is 9.43. The standard InChI is InChI=1S/C10H32O9Si5/c1-12-22(8,9)17-20(16-21(5,6)7)18-23(10,11)19-24(13-2,14-3)15-4/h11,20H,1-10H3. The number of rotatable bonds is 12. The monoisotopic (exact) mass is 436 g/mol. The molecule has 0 saturated carbocycles. The fraction of sp³-hybridized carbons (Fsp3) is 1.00. The Morgan fingerprint density at radius 1 is 0.667 bits per heavy atom. The van der Waals surface area contributed by atoms with Gasteiger partial charge in [-0.2, -0.15) is 0 Å². The van der Waals surface area contributed by atoms with Crippen molar-refractivity contribution in [2.24, 2.45) is 0 Å². The van der Waals surface area contributed by atoms with Gasteiger partial charge in [0.1, 0.15) is 0 Å². The Labute approximate surface area is 151 Å². The van der Waals surface area contributed by atoms with Crippen LogP contribution in [0.2, 0.25) is 39.3 Å². The fourth-order valence-electron chi connectivity index (χ4n) is 1.45. The van der Waals surface area contributed by atoms with Gasteiger partial charge in [0.15, 0.2) is 8.32 Å². The van der Waals surface area contributed by atoms with Gasteiger partial charge < -0.3 is 39.0 Å². The van der Waals surface area contributed by atoms with Crippen LogP contribution in [0, 0.1) is 0 Å². The highest BCUT2D eigenvalue weighted by Crippen LogP contribution is 2.20. The van der Waals surface area contributed by atoms with Gasteiger partial charge in [0, 0.05) is 35.0 Å². The Balaban J connectivity index is 5.22. The topological polar surface area (TPSA) is 94.1 Å². The summed E-state index contributed by atoms with van der Waals surface area (Å²) < 4.78 is 44.2. The Morgan fingerprint density at radius 2 is 1.12 bits per heavy atom. The third-order valence-corrected chi connectivity index (χ3v) is 16.9. The Kier molecular flexibility index (Phi) is 9.89. The molecular weight excluding hydrogens is 405 g/mol. The summed E-state index contributed by atoms with van der Waals surface area (Å²) in [6, 6.07) is 0. The Bertz CT molecular complexity index is 364. The van der Waals surface area contributed by atoms with E-state index in [1.54, 1.807) is 7.11 Å². The SMILES string of the molecule is CO[Si](C)(C)O[SiH](O[Si](C)(C)C)O[Si](C)(O)O[Si](OC)(OC)OC. The molecule has 2 unspecified atom stereocenters. The van der Waals surface area contributed by atoms with Crippen LogP contribution in [0.25, 0.3) is 0 Å². The van der Waals surface area contributed by atoms with Gasteiger partial charge in [-0.15, -0.1) is 0 Å². The number of hydrogen-bond acceptors (Lipinski definition) is 9. The molecule has 0 spiro atoms. The molecule has 0 aromatic heterocycles. The number of hydrogen-bond donors (Lipinski definition) is 1. The summed E-state index contributed by atoms with van der Waals surface area (Å²) in [6.07, 6.45) is 0. The summed E-state index contributed by atoms with van der Waals surface area (Å²) in [5.74, 6) is 0. The van der Waals surface area contributed by atoms with Crippen LogP contribution in [0.4, 0.5) is 0 Å². The molecule has 0 fully saturated rings. The van der Waals surface area contributed by atoms with Gasteiger partial charge in [-0.25, -0.2) is 0 Å². The van der Waals surface area contributed by atoms with Crippen molar-refractivity contribution >= 4 is 44.3 Å². The second-order valence-electron chi connectivity index (χ2n) is 6.47. The van der Waals surface area contributed by atoms with Crippen LogP contribution in [0.15, 0.2) is 0 Å². The van der Waals surface area contributed by atoms with Crippen molar-refractivity contribution in [3.63, 3.8) is 0 Å². The minimum absolute atomic E-state index is 1.38. The first kappa shape index (κ1) is 24.7. The van der Waals surface area contributed by atoms with Crippen molar-refractivity contribution in [3.8, 4) is 0 Å². The van der Waals surface area contributed by atoms with Crippen molar-refractivity contribution in [1.29, 1.82) is 0 Å². The maximum atomic E-state index is 10.6. The summed E-state index contributed by atoms with van der Waals surface area (Å²) >= 11 is 0. The van der Waals surface area contributed by atoms with Crippen molar-refractivity contribution in [2.75, 3.05) is 28.4 Å². The highest BCUT2D eigenvalue weighted by molar-refractivity contribution is 6.81. The Hall–Kier alpha value is 0.724. The predicted molar refractivity (Wildman–Crippen MR) is 99.9 cm³/mol. The van der Waals surface area contributed by atoms with Crippen molar-refractivity contribution in [3.05, 3.63) is 0 Å². The maximum Gasteiger partial charge on any atom is 0.671 e. The zero-order valence-electron chi connectivity index (χ0n) is 16.3. The third-order valence-electron chi connectivity index (χ3n) is 2.70. The van der Waals surface area contributed by atoms with Crippen LogP contribution in [-0.2, 0) is 34.2 Å². The summed E-state index contributed by atoms with van der Waals surface area (Å²) in [5, 5.41) is 0. The minimum atomic E-state index is -3.69. The first-order valence-electron chi connectivity index (χ1n) is 7.40. The first-order chi connectivity index (χ1) is 10.7. The zero-order valence-corrected chi connectivity index (χ0v) is 21.4. The van der Waals surface area contributed by atoms with E-state index in [2.05, 4.69) is 0 Å². The zero-order chi connectivity index (χ0) is 19.2. The van der Waals surface area contributed by atoms with Crippen LogP contribution < -0.4 is 0 Å². The van der Waals surface area contributed by atoms with Crippen LogP contribution in [0.1, 0.15) is 0 Å². The van der Waals surface area contributed by atoms with Crippen molar-refractivity contribution < 1.29 is 39.0 Å². The van der Waals surface area contributed by atoms with E-state index < -0.39 is 44.3 Å². The van der Waals surface area contributed by atoms with Crippen LogP contribution in [0.5, 0.6) is 0 Å². The minimum Gasteiger partial charge on any atom is -0.419 e. The van der Waals surface area contributed by atoms with Crippen LogP contribution >= 0.6 is 0 Å². The van der Waals surface area contributed by atoms with E-state index in [4.69, 9.17) is 34.2 Å². The summed E-state index contributed by atoms with van der Waals surface area (Å²) in [7, 11) is -8.50. The van der Waals surface area contributed by atoms with E-state index in [1.807, 2.05) is 32.7 Å². The highest BCUT2D eigenvalue weighted by atomic mass is 28.5. The largest absolute Gasteiger partial charge is 0.671 e. The predicted octanol–water partition coefficient (Wildman–Crippen LogP) is 0.889. The molecule has 0 bridgehead atoms. The average Bonchev–Trinajstić information content (AvgIpc) is 2.42. The molecule has 0 aromatic carbocycles. The quantitative estimate of drug-likeness (QED) is 0.447. The van der Waals surface area contributed by atoms with Crippen molar-refractivity contribution in [2.45, 2.75) is 39.3 Å². The molecule has 0 rings (SSSR count).